The number of methoxy groups -OCH3 is 2. The second-order valence-corrected chi connectivity index (χ2v) is 4.25. The van der Waals surface area contributed by atoms with Gasteiger partial charge in [-0.25, -0.2) is 4.79 Å². The number of hydrogen-bond donors (Lipinski definition) is 2. The molecule has 0 bridgehead atoms. The molecule has 0 aromatic heterocycles. The van der Waals surface area contributed by atoms with Crippen molar-refractivity contribution in [3.8, 4) is 11.5 Å². The number of carbonyl (C=O) groups excluding carboxylic acids is 1. The zero-order valence-corrected chi connectivity index (χ0v) is 11.8. The Hall–Kier alpha value is -1.95. The van der Waals surface area contributed by atoms with Crippen molar-refractivity contribution < 1.29 is 14.3 Å². The van der Waals surface area contributed by atoms with Crippen molar-refractivity contribution in [1.82, 2.24) is 10.2 Å². The summed E-state index contributed by atoms with van der Waals surface area (Å²) < 4.78 is 10.3. The summed E-state index contributed by atoms with van der Waals surface area (Å²) in [5.41, 5.74) is 0.602. The highest BCUT2D eigenvalue weighted by Gasteiger charge is 2.08. The van der Waals surface area contributed by atoms with Crippen LogP contribution in [0.5, 0.6) is 11.5 Å². The maximum Gasteiger partial charge on any atom is 0.319 e. The lowest BCUT2D eigenvalue weighted by Gasteiger charge is -2.13. The topological polar surface area (TPSA) is 62.8 Å². The standard InChI is InChI=1S/C13H21N3O3/c1-16(2)8-7-14-13(17)15-11-6-5-10(18-3)9-12(11)19-4/h5-6,9H,7-8H2,1-4H3,(H2,14,15,17). The number of nitrogens with zero attached hydrogens (tertiary/aromatic N) is 1. The summed E-state index contributed by atoms with van der Waals surface area (Å²) in [5.74, 6) is 1.23. The van der Waals surface area contributed by atoms with Gasteiger partial charge in [-0.05, 0) is 26.2 Å². The maximum absolute atomic E-state index is 11.7. The number of benzene rings is 1. The van der Waals surface area contributed by atoms with Crippen LogP contribution >= 0.6 is 0 Å². The van der Waals surface area contributed by atoms with Crippen LogP contribution in [-0.2, 0) is 0 Å². The first-order valence-electron chi connectivity index (χ1n) is 5.98. The van der Waals surface area contributed by atoms with Crippen molar-refractivity contribution in [2.75, 3.05) is 46.7 Å². The molecule has 6 heteroatoms. The molecule has 106 valence electrons. The van der Waals surface area contributed by atoms with Gasteiger partial charge in [-0.15, -0.1) is 0 Å². The van der Waals surface area contributed by atoms with E-state index in [9.17, 15) is 4.79 Å². The molecule has 0 atom stereocenters. The van der Waals surface area contributed by atoms with E-state index in [0.717, 1.165) is 6.54 Å². The summed E-state index contributed by atoms with van der Waals surface area (Å²) in [5, 5.41) is 5.50. The largest absolute Gasteiger partial charge is 0.497 e. The van der Waals surface area contributed by atoms with E-state index in [2.05, 4.69) is 10.6 Å². The van der Waals surface area contributed by atoms with E-state index in [1.807, 2.05) is 19.0 Å². The fourth-order valence-electron chi connectivity index (χ4n) is 1.46. The lowest BCUT2D eigenvalue weighted by atomic mass is 10.2. The van der Waals surface area contributed by atoms with Crippen molar-refractivity contribution in [2.24, 2.45) is 0 Å². The van der Waals surface area contributed by atoms with E-state index >= 15 is 0 Å². The van der Waals surface area contributed by atoms with Gasteiger partial charge in [0.05, 0.1) is 19.9 Å². The van der Waals surface area contributed by atoms with Gasteiger partial charge in [0, 0.05) is 19.2 Å². The van der Waals surface area contributed by atoms with Gasteiger partial charge in [-0.1, -0.05) is 0 Å². The average molecular weight is 267 g/mol. The van der Waals surface area contributed by atoms with Crippen LogP contribution in [0.25, 0.3) is 0 Å². The van der Waals surface area contributed by atoms with Gasteiger partial charge >= 0.3 is 6.03 Å². The third-order valence-corrected chi connectivity index (χ3v) is 2.50. The van der Waals surface area contributed by atoms with Crippen molar-refractivity contribution in [3.05, 3.63) is 18.2 Å². The van der Waals surface area contributed by atoms with Gasteiger partial charge in [0.1, 0.15) is 11.5 Å². The molecular formula is C13H21N3O3. The van der Waals surface area contributed by atoms with Crippen molar-refractivity contribution in [2.45, 2.75) is 0 Å². The van der Waals surface area contributed by atoms with Crippen molar-refractivity contribution in [3.63, 3.8) is 0 Å². The third kappa shape index (κ3) is 5.05. The van der Waals surface area contributed by atoms with Crippen LogP contribution in [0.3, 0.4) is 0 Å². The molecule has 0 saturated heterocycles. The highest BCUT2D eigenvalue weighted by atomic mass is 16.5. The molecule has 0 heterocycles. The number of nitrogens with one attached hydrogen (secondary N) is 2. The molecule has 6 nitrogen and oxygen atoms in total. The summed E-state index contributed by atoms with van der Waals surface area (Å²) in [4.78, 5) is 13.7. The zero-order valence-electron chi connectivity index (χ0n) is 11.8. The molecule has 1 rings (SSSR count). The second kappa shape index (κ2) is 7.48. The fraction of sp³-hybridized carbons (Fsp3) is 0.462. The first-order valence-corrected chi connectivity index (χ1v) is 5.98. The van der Waals surface area contributed by atoms with Gasteiger partial charge in [0.15, 0.2) is 0 Å². The van der Waals surface area contributed by atoms with Crippen LogP contribution < -0.4 is 20.1 Å². The van der Waals surface area contributed by atoms with Gasteiger partial charge in [-0.2, -0.15) is 0 Å². The predicted octanol–water partition coefficient (Wildman–Crippen LogP) is 1.39. The lowest BCUT2D eigenvalue weighted by Crippen LogP contribution is -2.34. The molecule has 19 heavy (non-hydrogen) atoms. The first kappa shape index (κ1) is 15.1. The molecule has 0 aliphatic rings. The number of amides is 2. The molecule has 0 aliphatic heterocycles. The zero-order chi connectivity index (χ0) is 14.3. The van der Waals surface area contributed by atoms with Crippen LogP contribution in [-0.4, -0.2) is 52.3 Å². The normalized spacial score (nSPS) is 10.2. The average Bonchev–Trinajstić information content (AvgIpc) is 2.38. The SMILES string of the molecule is COc1ccc(NC(=O)NCCN(C)C)c(OC)c1. The Morgan fingerprint density at radius 3 is 2.58 bits per heavy atom. The molecule has 0 spiro atoms. The predicted molar refractivity (Wildman–Crippen MR) is 75.1 cm³/mol. The molecule has 2 amide bonds. The van der Waals surface area contributed by atoms with Gasteiger partial charge < -0.3 is 25.0 Å². The number of likely N-dealkylation sites (N-methyl/N-ethyl adjacent to an activating group) is 1. The van der Waals surface area contributed by atoms with Crippen molar-refractivity contribution in [1.29, 1.82) is 0 Å². The molecule has 0 aliphatic carbocycles. The molecule has 0 radical (unpaired) electrons. The third-order valence-electron chi connectivity index (χ3n) is 2.50. The van der Waals surface area contributed by atoms with E-state index in [1.54, 1.807) is 32.4 Å². The minimum absolute atomic E-state index is 0.259. The summed E-state index contributed by atoms with van der Waals surface area (Å²) in [6.07, 6.45) is 0. The molecule has 0 fully saturated rings. The van der Waals surface area contributed by atoms with E-state index in [-0.39, 0.29) is 6.03 Å². The molecular weight excluding hydrogens is 246 g/mol. The maximum atomic E-state index is 11.7. The summed E-state index contributed by atoms with van der Waals surface area (Å²) in [7, 11) is 7.03. The number of ether oxygens (including phenoxy) is 2. The second-order valence-electron chi connectivity index (χ2n) is 4.25. The highest BCUT2D eigenvalue weighted by molar-refractivity contribution is 5.91. The molecule has 0 unspecified atom stereocenters. The Morgan fingerprint density at radius 1 is 1.26 bits per heavy atom. The van der Waals surface area contributed by atoms with Gasteiger partial charge in [-0.3, -0.25) is 0 Å². The summed E-state index contributed by atoms with van der Waals surface area (Å²) in [6.45, 7) is 1.37. The lowest BCUT2D eigenvalue weighted by molar-refractivity contribution is 0.250. The molecule has 1 aromatic carbocycles. The van der Waals surface area contributed by atoms with E-state index in [0.29, 0.717) is 23.7 Å². The minimum Gasteiger partial charge on any atom is -0.497 e. The highest BCUT2D eigenvalue weighted by Crippen LogP contribution is 2.28. The molecule has 1 aromatic rings. The van der Waals surface area contributed by atoms with Crippen LogP contribution in [0.4, 0.5) is 10.5 Å². The summed E-state index contributed by atoms with van der Waals surface area (Å²) in [6, 6.07) is 4.96. The number of anilines is 1. The minimum atomic E-state index is -0.259. The fourth-order valence-corrected chi connectivity index (χ4v) is 1.46. The quantitative estimate of drug-likeness (QED) is 0.817. The number of hydrogen-bond acceptors (Lipinski definition) is 4. The Balaban J connectivity index is 2.58. The van der Waals surface area contributed by atoms with E-state index in [1.165, 1.54) is 0 Å². The Morgan fingerprint density at radius 2 is 2.00 bits per heavy atom. The van der Waals surface area contributed by atoms with Gasteiger partial charge in [0.25, 0.3) is 0 Å². The van der Waals surface area contributed by atoms with Crippen LogP contribution in [0.2, 0.25) is 0 Å². The Bertz CT molecular complexity index is 422. The molecule has 2 N–H and O–H groups in total. The van der Waals surface area contributed by atoms with E-state index in [4.69, 9.17) is 9.47 Å². The number of rotatable bonds is 6. The van der Waals surface area contributed by atoms with Crippen LogP contribution in [0, 0.1) is 0 Å². The Kier molecular flexibility index (Phi) is 5.95. The van der Waals surface area contributed by atoms with Crippen molar-refractivity contribution >= 4 is 11.7 Å². The number of carbonyl (C=O) groups is 1. The smallest absolute Gasteiger partial charge is 0.319 e. The Labute approximate surface area is 113 Å². The monoisotopic (exact) mass is 267 g/mol. The molecule has 0 saturated carbocycles. The number of urea groups is 1. The van der Waals surface area contributed by atoms with E-state index < -0.39 is 0 Å². The van der Waals surface area contributed by atoms with Gasteiger partial charge in [0.2, 0.25) is 0 Å². The first-order chi connectivity index (χ1) is 9.06. The van der Waals surface area contributed by atoms with Crippen LogP contribution in [0.1, 0.15) is 0 Å². The van der Waals surface area contributed by atoms with Crippen LogP contribution in [0.15, 0.2) is 18.2 Å². The summed E-state index contributed by atoms with van der Waals surface area (Å²) >= 11 is 0.